The predicted octanol–water partition coefficient (Wildman–Crippen LogP) is 22.1. The lowest BCUT2D eigenvalue weighted by Gasteiger charge is -2.18. The highest BCUT2D eigenvalue weighted by Gasteiger charge is 2.19. The molecule has 0 amide bonds. The molecule has 0 aliphatic heterocycles. The van der Waals surface area contributed by atoms with Crippen LogP contribution >= 0.6 is 0 Å². The number of carbonyl (C=O) groups is 3. The Morgan fingerprint density at radius 3 is 0.772 bits per heavy atom. The molecule has 6 heteroatoms. The Balaban J connectivity index is 4.32. The number of esters is 3. The van der Waals surface area contributed by atoms with Crippen LogP contribution in [0.25, 0.3) is 0 Å². The van der Waals surface area contributed by atoms with E-state index >= 15 is 0 Å². The fraction of sp³-hybridized carbons (Fsp3) is 0.603. The van der Waals surface area contributed by atoms with Gasteiger partial charge in [0.2, 0.25) is 0 Å². The molecule has 79 heavy (non-hydrogen) atoms. The summed E-state index contributed by atoms with van der Waals surface area (Å²) in [5.74, 6) is -1.08. The monoisotopic (exact) mass is 1090 g/mol. The van der Waals surface area contributed by atoms with Gasteiger partial charge in [-0.05, 0) is 122 Å². The van der Waals surface area contributed by atoms with E-state index in [0.717, 1.165) is 135 Å². The molecular formula is C73H116O6. The van der Waals surface area contributed by atoms with Crippen LogP contribution in [0.2, 0.25) is 0 Å². The van der Waals surface area contributed by atoms with Crippen molar-refractivity contribution >= 4 is 17.9 Å². The van der Waals surface area contributed by atoms with E-state index in [1.54, 1.807) is 6.08 Å². The molecule has 0 spiro atoms. The third kappa shape index (κ3) is 63.7. The summed E-state index contributed by atoms with van der Waals surface area (Å²) in [5.41, 5.74) is 0. The maximum Gasteiger partial charge on any atom is 0.310 e. The number of carbonyl (C=O) groups excluding carboxylic acids is 3. The van der Waals surface area contributed by atoms with Gasteiger partial charge >= 0.3 is 17.9 Å². The van der Waals surface area contributed by atoms with Gasteiger partial charge in [0.1, 0.15) is 13.2 Å². The normalized spacial score (nSPS) is 13.2. The van der Waals surface area contributed by atoms with Gasteiger partial charge in [-0.3, -0.25) is 14.4 Å². The van der Waals surface area contributed by atoms with E-state index in [1.165, 1.54) is 83.5 Å². The van der Waals surface area contributed by atoms with Crippen molar-refractivity contribution in [3.8, 4) is 0 Å². The van der Waals surface area contributed by atoms with Crippen LogP contribution in [0.1, 0.15) is 265 Å². The Labute approximate surface area is 486 Å². The Bertz CT molecular complexity index is 1780. The Hall–Kier alpha value is -4.97. The third-order valence-electron chi connectivity index (χ3n) is 13.0. The lowest BCUT2D eigenvalue weighted by Crippen LogP contribution is -2.30. The van der Waals surface area contributed by atoms with Gasteiger partial charge in [-0.1, -0.05) is 281 Å². The zero-order valence-electron chi connectivity index (χ0n) is 50.8. The van der Waals surface area contributed by atoms with Crippen LogP contribution < -0.4 is 0 Å². The largest absolute Gasteiger partial charge is 0.462 e. The fourth-order valence-corrected chi connectivity index (χ4v) is 8.38. The van der Waals surface area contributed by atoms with Crippen LogP contribution in [0, 0.1) is 0 Å². The summed E-state index contributed by atoms with van der Waals surface area (Å²) in [6.45, 7) is 6.20. The average Bonchev–Trinajstić information content (AvgIpc) is 3.45. The Morgan fingerprint density at radius 2 is 0.494 bits per heavy atom. The summed E-state index contributed by atoms with van der Waals surface area (Å²) in [5, 5.41) is 0. The number of unbranched alkanes of at least 4 members (excludes halogenated alkanes) is 20. The fourth-order valence-electron chi connectivity index (χ4n) is 8.38. The predicted molar refractivity (Wildman–Crippen MR) is 343 cm³/mol. The van der Waals surface area contributed by atoms with Crippen LogP contribution in [0.15, 0.2) is 158 Å². The molecule has 0 saturated heterocycles. The van der Waals surface area contributed by atoms with E-state index in [2.05, 4.69) is 167 Å². The molecule has 0 aromatic carbocycles. The first-order valence-electron chi connectivity index (χ1n) is 32.0. The second-order valence-corrected chi connectivity index (χ2v) is 20.5. The lowest BCUT2D eigenvalue weighted by atomic mass is 10.0. The quantitative estimate of drug-likeness (QED) is 0.0261. The van der Waals surface area contributed by atoms with E-state index < -0.39 is 12.1 Å². The van der Waals surface area contributed by atoms with Gasteiger partial charge in [0, 0.05) is 12.8 Å². The smallest absolute Gasteiger partial charge is 0.310 e. The first-order chi connectivity index (χ1) is 39.0. The SMILES string of the molecule is CC/C=C\C/C=C\C/C=C\C/C=C\C/C=C\CCCCCCCCCCCCCCCCCC(=O)OCC(COC(=O)CCCCCCC/C=C\C/C=C\C/C=C\CC)OC(=O)C/C=C\C/C=C\C/C=C\C/C=C\C/C=C\CC. The van der Waals surface area contributed by atoms with Gasteiger partial charge in [0.15, 0.2) is 6.10 Å². The molecule has 6 nitrogen and oxygen atoms in total. The van der Waals surface area contributed by atoms with Crippen molar-refractivity contribution in [2.24, 2.45) is 0 Å². The first-order valence-corrected chi connectivity index (χ1v) is 32.0. The van der Waals surface area contributed by atoms with Crippen LogP contribution in [-0.4, -0.2) is 37.2 Å². The second-order valence-electron chi connectivity index (χ2n) is 20.5. The summed E-state index contributed by atoms with van der Waals surface area (Å²) in [4.78, 5) is 38.2. The van der Waals surface area contributed by atoms with Gasteiger partial charge in [0.25, 0.3) is 0 Å². The summed E-state index contributed by atoms with van der Waals surface area (Å²) < 4.78 is 16.8. The molecule has 0 rings (SSSR count). The molecule has 1 atom stereocenters. The van der Waals surface area contributed by atoms with Crippen LogP contribution in [-0.2, 0) is 28.6 Å². The molecule has 0 fully saturated rings. The van der Waals surface area contributed by atoms with Crippen molar-refractivity contribution in [2.75, 3.05) is 13.2 Å². The van der Waals surface area contributed by atoms with Crippen molar-refractivity contribution < 1.29 is 28.6 Å². The number of hydrogen-bond donors (Lipinski definition) is 0. The molecule has 0 aliphatic rings. The van der Waals surface area contributed by atoms with Gasteiger partial charge in [-0.15, -0.1) is 0 Å². The van der Waals surface area contributed by atoms with Crippen LogP contribution in [0.4, 0.5) is 0 Å². The molecule has 0 radical (unpaired) electrons. The summed E-state index contributed by atoms with van der Waals surface area (Å²) in [6, 6.07) is 0. The van der Waals surface area contributed by atoms with Crippen molar-refractivity contribution in [3.63, 3.8) is 0 Å². The molecule has 0 N–H and O–H groups in total. The van der Waals surface area contributed by atoms with Crippen molar-refractivity contribution in [1.29, 1.82) is 0 Å². The third-order valence-corrected chi connectivity index (χ3v) is 13.0. The molecule has 1 unspecified atom stereocenters. The van der Waals surface area contributed by atoms with Gasteiger partial charge < -0.3 is 14.2 Å². The summed E-state index contributed by atoms with van der Waals surface area (Å²) in [7, 11) is 0. The Morgan fingerprint density at radius 1 is 0.266 bits per heavy atom. The maximum atomic E-state index is 12.8. The zero-order chi connectivity index (χ0) is 57.1. The number of rotatable bonds is 56. The maximum absolute atomic E-state index is 12.8. The highest BCUT2D eigenvalue weighted by molar-refractivity contribution is 5.72. The second kappa shape index (κ2) is 65.5. The molecule has 0 aromatic rings. The van der Waals surface area contributed by atoms with Crippen molar-refractivity contribution in [3.05, 3.63) is 158 Å². The lowest BCUT2D eigenvalue weighted by molar-refractivity contribution is -0.166. The minimum absolute atomic E-state index is 0.0873. The average molecular weight is 1090 g/mol. The highest BCUT2D eigenvalue weighted by Crippen LogP contribution is 2.15. The minimum atomic E-state index is -0.847. The number of hydrogen-bond acceptors (Lipinski definition) is 6. The van der Waals surface area contributed by atoms with E-state index in [0.29, 0.717) is 19.3 Å². The molecule has 444 valence electrons. The van der Waals surface area contributed by atoms with E-state index in [1.807, 2.05) is 6.08 Å². The van der Waals surface area contributed by atoms with Gasteiger partial charge in [0.05, 0.1) is 6.42 Å². The molecule has 0 aliphatic carbocycles. The van der Waals surface area contributed by atoms with Gasteiger partial charge in [-0.2, -0.15) is 0 Å². The Kier molecular flexibility index (Phi) is 61.4. The number of ether oxygens (including phenoxy) is 3. The topological polar surface area (TPSA) is 78.9 Å². The standard InChI is InChI=1S/C73H116O6/c1-4-7-10-13-16-19-22-25-28-29-30-31-32-33-34-35-36-37-38-39-40-41-42-43-46-48-51-54-57-60-63-66-72(75)78-69-70(79-73(76)67-64-61-58-55-52-49-45-27-24-21-18-15-12-9-6-3)68-77-71(74)65-62-59-56-53-50-47-44-26-23-20-17-14-11-8-5-2/h7-12,16-21,25-28,30-31,33-34,44-45,52,55,61,64,70H,4-6,13-15,22-24,29,32,35-43,46-51,53-54,56-60,62-63,65-69H2,1-3H3/b10-7-,11-8-,12-9-,19-16-,20-17-,21-18-,28-25-,31-30-,34-33-,44-26-,45-27-,55-52-,64-61-. The van der Waals surface area contributed by atoms with Crippen molar-refractivity contribution in [2.45, 2.75) is 271 Å². The highest BCUT2D eigenvalue weighted by atomic mass is 16.6. The van der Waals surface area contributed by atoms with Gasteiger partial charge in [-0.25, -0.2) is 0 Å². The molecular weight excluding hydrogens is 973 g/mol. The molecule has 0 heterocycles. The van der Waals surface area contributed by atoms with E-state index in [9.17, 15) is 14.4 Å². The summed E-state index contributed by atoms with van der Waals surface area (Å²) >= 11 is 0. The van der Waals surface area contributed by atoms with E-state index in [4.69, 9.17) is 14.2 Å². The molecule has 0 saturated carbocycles. The van der Waals surface area contributed by atoms with Crippen molar-refractivity contribution in [1.82, 2.24) is 0 Å². The molecule has 0 aromatic heterocycles. The van der Waals surface area contributed by atoms with Crippen LogP contribution in [0.3, 0.4) is 0 Å². The molecule has 0 bridgehead atoms. The van der Waals surface area contributed by atoms with E-state index in [-0.39, 0.29) is 31.6 Å². The first kappa shape index (κ1) is 74.0. The number of allylic oxidation sites excluding steroid dienone is 25. The zero-order valence-corrected chi connectivity index (χ0v) is 50.8. The minimum Gasteiger partial charge on any atom is -0.462 e. The summed E-state index contributed by atoms with van der Waals surface area (Å²) in [6.07, 6.45) is 95.7. The van der Waals surface area contributed by atoms with Crippen LogP contribution in [0.5, 0.6) is 0 Å².